The molecule has 0 amide bonds. The van der Waals surface area contributed by atoms with Crippen molar-refractivity contribution in [1.82, 2.24) is 19.6 Å². The summed E-state index contributed by atoms with van der Waals surface area (Å²) in [6.07, 6.45) is 12.8. The van der Waals surface area contributed by atoms with Crippen LogP contribution in [0.15, 0.2) is 11.2 Å². The third-order valence-corrected chi connectivity index (χ3v) is 5.52. The van der Waals surface area contributed by atoms with Crippen LogP contribution in [-0.4, -0.2) is 25.8 Å². The van der Waals surface area contributed by atoms with Crippen LogP contribution in [0.5, 0.6) is 0 Å². The number of hydrogen-bond donors (Lipinski definition) is 0. The number of aliphatic imine (C=N–C) groups is 1. The third-order valence-electron chi connectivity index (χ3n) is 5.13. The smallest absolute Gasteiger partial charge is 0.196 e. The van der Waals surface area contributed by atoms with Crippen LogP contribution in [0.2, 0.25) is 5.02 Å². The van der Waals surface area contributed by atoms with Gasteiger partial charge in [0.25, 0.3) is 0 Å². The lowest BCUT2D eigenvalue weighted by atomic mass is 9.90. The maximum atomic E-state index is 9.41. The zero-order valence-corrected chi connectivity index (χ0v) is 14.9. The van der Waals surface area contributed by atoms with Crippen molar-refractivity contribution >= 4 is 23.6 Å². The molecule has 0 bridgehead atoms. The average Bonchev–Trinajstić information content (AvgIpc) is 3.21. The molecule has 2 aromatic rings. The van der Waals surface area contributed by atoms with Gasteiger partial charge in [-0.25, -0.2) is 4.99 Å². The van der Waals surface area contributed by atoms with Crippen molar-refractivity contribution in [3.05, 3.63) is 22.5 Å². The van der Waals surface area contributed by atoms with E-state index in [0.29, 0.717) is 28.1 Å². The third kappa shape index (κ3) is 3.09. The SMILES string of the molecule is N#Cc1cnn(-c2nn3c(c2Cl)CCCC3)c1N=CC1CCCCC1. The minimum absolute atomic E-state index is 0.453. The summed E-state index contributed by atoms with van der Waals surface area (Å²) in [6, 6.07) is 2.18. The maximum Gasteiger partial charge on any atom is 0.196 e. The van der Waals surface area contributed by atoms with Crippen LogP contribution < -0.4 is 0 Å². The van der Waals surface area contributed by atoms with Gasteiger partial charge in [0.15, 0.2) is 11.6 Å². The number of aromatic nitrogens is 4. The lowest BCUT2D eigenvalue weighted by molar-refractivity contribution is 0.445. The van der Waals surface area contributed by atoms with Gasteiger partial charge in [-0.05, 0) is 38.0 Å². The van der Waals surface area contributed by atoms with Crippen LogP contribution in [0.25, 0.3) is 5.82 Å². The summed E-state index contributed by atoms with van der Waals surface area (Å²) in [5.74, 6) is 1.59. The molecule has 0 radical (unpaired) electrons. The van der Waals surface area contributed by atoms with Crippen LogP contribution in [-0.2, 0) is 13.0 Å². The maximum absolute atomic E-state index is 9.41. The zero-order chi connectivity index (χ0) is 17.2. The van der Waals surface area contributed by atoms with E-state index in [9.17, 15) is 5.26 Å². The second-order valence-corrected chi connectivity index (χ2v) is 7.22. The molecule has 6 nitrogen and oxygen atoms in total. The number of nitrogens with zero attached hydrogens (tertiary/aromatic N) is 6. The van der Waals surface area contributed by atoms with Gasteiger partial charge in [0.05, 0.1) is 11.9 Å². The molecule has 25 heavy (non-hydrogen) atoms. The molecule has 0 spiro atoms. The molecule has 0 saturated heterocycles. The molecule has 4 rings (SSSR count). The van der Waals surface area contributed by atoms with Gasteiger partial charge in [-0.2, -0.15) is 20.1 Å². The van der Waals surface area contributed by atoms with Gasteiger partial charge >= 0.3 is 0 Å². The first-order valence-corrected chi connectivity index (χ1v) is 9.43. The van der Waals surface area contributed by atoms with Crippen molar-refractivity contribution in [2.24, 2.45) is 10.9 Å². The zero-order valence-electron chi connectivity index (χ0n) is 14.2. The summed E-state index contributed by atoms with van der Waals surface area (Å²) in [7, 11) is 0. The largest absolute Gasteiger partial charge is 0.266 e. The lowest BCUT2D eigenvalue weighted by Gasteiger charge is -2.16. The Morgan fingerprint density at radius 3 is 2.84 bits per heavy atom. The predicted octanol–water partition coefficient (Wildman–Crippen LogP) is 4.21. The number of rotatable bonds is 3. The summed E-state index contributed by atoms with van der Waals surface area (Å²) in [4.78, 5) is 4.63. The van der Waals surface area contributed by atoms with Crippen molar-refractivity contribution in [1.29, 1.82) is 5.26 Å². The minimum atomic E-state index is 0.453. The summed E-state index contributed by atoms with van der Waals surface area (Å²) < 4.78 is 3.58. The highest BCUT2D eigenvalue weighted by Crippen LogP contribution is 2.32. The first-order valence-electron chi connectivity index (χ1n) is 9.06. The van der Waals surface area contributed by atoms with Crippen molar-refractivity contribution < 1.29 is 0 Å². The van der Waals surface area contributed by atoms with Crippen LogP contribution in [0, 0.1) is 17.2 Å². The van der Waals surface area contributed by atoms with Crippen LogP contribution in [0.3, 0.4) is 0 Å². The molecular formula is C18H21ClN6. The van der Waals surface area contributed by atoms with E-state index < -0.39 is 0 Å². The molecule has 2 aromatic heterocycles. The lowest BCUT2D eigenvalue weighted by Crippen LogP contribution is -2.11. The monoisotopic (exact) mass is 356 g/mol. The average molecular weight is 357 g/mol. The summed E-state index contributed by atoms with van der Waals surface area (Å²) in [6.45, 7) is 0.877. The number of aryl methyl sites for hydroxylation is 1. The van der Waals surface area contributed by atoms with Crippen molar-refractivity contribution in [2.75, 3.05) is 0 Å². The summed E-state index contributed by atoms with van der Waals surface area (Å²) in [5, 5.41) is 19.0. The Labute approximate surface area is 152 Å². The molecule has 1 aliphatic carbocycles. The number of hydrogen-bond acceptors (Lipinski definition) is 4. The van der Waals surface area contributed by atoms with Gasteiger partial charge < -0.3 is 0 Å². The quantitative estimate of drug-likeness (QED) is 0.773. The van der Waals surface area contributed by atoms with E-state index in [0.717, 1.165) is 31.5 Å². The number of nitriles is 1. The van der Waals surface area contributed by atoms with Gasteiger partial charge in [0, 0.05) is 12.8 Å². The molecule has 0 unspecified atom stereocenters. The van der Waals surface area contributed by atoms with Crippen LogP contribution in [0.1, 0.15) is 56.2 Å². The standard InChI is InChI=1S/C18H21ClN6/c19-16-15-8-4-5-9-24(15)23-18(16)25-17(14(10-20)12-22-25)21-11-13-6-2-1-3-7-13/h11-13H,1-9H2. The fourth-order valence-corrected chi connectivity index (χ4v) is 4.04. The Hall–Kier alpha value is -2.13. The van der Waals surface area contributed by atoms with Gasteiger partial charge in [-0.3, -0.25) is 4.68 Å². The normalized spacial score (nSPS) is 18.4. The minimum Gasteiger partial charge on any atom is -0.266 e. The van der Waals surface area contributed by atoms with E-state index in [2.05, 4.69) is 21.3 Å². The second kappa shape index (κ2) is 7.01. The number of halogens is 1. The molecule has 1 saturated carbocycles. The van der Waals surface area contributed by atoms with E-state index in [1.54, 1.807) is 10.9 Å². The van der Waals surface area contributed by atoms with Crippen molar-refractivity contribution in [2.45, 2.75) is 57.9 Å². The molecule has 0 N–H and O–H groups in total. The molecular weight excluding hydrogens is 336 g/mol. The highest BCUT2D eigenvalue weighted by atomic mass is 35.5. The fraction of sp³-hybridized carbons (Fsp3) is 0.556. The molecule has 0 atom stereocenters. The first-order chi connectivity index (χ1) is 12.3. The second-order valence-electron chi connectivity index (χ2n) is 6.85. The molecule has 130 valence electrons. The Morgan fingerprint density at radius 1 is 1.24 bits per heavy atom. The van der Waals surface area contributed by atoms with E-state index in [1.807, 2.05) is 10.9 Å². The summed E-state index contributed by atoms with van der Waals surface area (Å²) >= 11 is 6.57. The van der Waals surface area contributed by atoms with E-state index in [4.69, 9.17) is 11.6 Å². The molecule has 1 fully saturated rings. The van der Waals surface area contributed by atoms with Crippen molar-refractivity contribution in [3.63, 3.8) is 0 Å². The first kappa shape index (κ1) is 16.3. The molecule has 2 aliphatic rings. The Bertz CT molecular complexity index is 835. The number of fused-ring (bicyclic) bond motifs is 1. The van der Waals surface area contributed by atoms with Gasteiger partial charge in [-0.1, -0.05) is 30.9 Å². The van der Waals surface area contributed by atoms with Gasteiger partial charge in [0.1, 0.15) is 16.7 Å². The van der Waals surface area contributed by atoms with Gasteiger partial charge in [-0.15, -0.1) is 0 Å². The van der Waals surface area contributed by atoms with Gasteiger partial charge in [0.2, 0.25) is 0 Å². The van der Waals surface area contributed by atoms with Crippen molar-refractivity contribution in [3.8, 4) is 11.9 Å². The van der Waals surface area contributed by atoms with E-state index in [-0.39, 0.29) is 0 Å². The predicted molar refractivity (Wildman–Crippen MR) is 96.7 cm³/mol. The fourth-order valence-electron chi connectivity index (χ4n) is 3.73. The Kier molecular flexibility index (Phi) is 4.58. The summed E-state index contributed by atoms with van der Waals surface area (Å²) in [5.41, 5.74) is 1.51. The Morgan fingerprint density at radius 2 is 2.08 bits per heavy atom. The topological polar surface area (TPSA) is 71.8 Å². The molecule has 3 heterocycles. The van der Waals surface area contributed by atoms with Crippen LogP contribution >= 0.6 is 11.6 Å². The highest BCUT2D eigenvalue weighted by molar-refractivity contribution is 6.32. The van der Waals surface area contributed by atoms with Crippen LogP contribution in [0.4, 0.5) is 5.82 Å². The molecule has 0 aromatic carbocycles. The van der Waals surface area contributed by atoms with E-state index >= 15 is 0 Å². The Balaban J connectivity index is 1.71. The van der Waals surface area contributed by atoms with E-state index in [1.165, 1.54) is 32.1 Å². The molecule has 1 aliphatic heterocycles. The molecule has 7 heteroatoms. The highest BCUT2D eigenvalue weighted by Gasteiger charge is 2.23.